The topological polar surface area (TPSA) is 124 Å². The highest BCUT2D eigenvalue weighted by Crippen LogP contribution is 2.48. The van der Waals surface area contributed by atoms with E-state index in [2.05, 4.69) is 4.74 Å². The number of benzene rings is 1. The van der Waals surface area contributed by atoms with Crippen molar-refractivity contribution in [3.63, 3.8) is 0 Å². The second-order valence-electron chi connectivity index (χ2n) is 8.52. The van der Waals surface area contributed by atoms with E-state index in [0.29, 0.717) is 18.6 Å². The number of halogens is 1. The Morgan fingerprint density at radius 2 is 2.19 bits per heavy atom. The van der Waals surface area contributed by atoms with E-state index in [1.165, 1.54) is 16.7 Å². The average Bonchev–Trinajstić information content (AvgIpc) is 3.31. The van der Waals surface area contributed by atoms with E-state index >= 15 is 4.39 Å². The zero-order chi connectivity index (χ0) is 21.9. The lowest BCUT2D eigenvalue weighted by Crippen LogP contribution is -2.38. The van der Waals surface area contributed by atoms with Crippen LogP contribution < -0.4 is 20.9 Å². The molecule has 2 fully saturated rings. The molecule has 9 nitrogen and oxygen atoms in total. The van der Waals surface area contributed by atoms with Gasteiger partial charge in [0.25, 0.3) is 5.56 Å². The molecule has 0 unspecified atom stereocenters. The lowest BCUT2D eigenvalue weighted by molar-refractivity contribution is -0.123. The van der Waals surface area contributed by atoms with Gasteiger partial charge in [-0.2, -0.15) is 0 Å². The smallest absolute Gasteiger partial charge is 0.351 e. The fourth-order valence-electron chi connectivity index (χ4n) is 4.84. The summed E-state index contributed by atoms with van der Waals surface area (Å²) in [6.45, 7) is 0.637. The molecule has 31 heavy (non-hydrogen) atoms. The molecular weight excluding hydrogens is 409 g/mol. The number of nitrogens with two attached hydrogens (primary N) is 1. The number of aliphatic hydroxyl groups is 1. The van der Waals surface area contributed by atoms with Crippen LogP contribution in [0.5, 0.6) is 5.75 Å². The predicted molar refractivity (Wildman–Crippen MR) is 108 cm³/mol. The van der Waals surface area contributed by atoms with Crippen molar-refractivity contribution < 1.29 is 28.6 Å². The molecule has 3 N–H and O–H groups in total. The Bertz CT molecular complexity index is 1160. The lowest BCUT2D eigenvalue weighted by Gasteiger charge is -2.31. The van der Waals surface area contributed by atoms with Crippen LogP contribution in [0.2, 0.25) is 0 Å². The molecule has 2 atom stereocenters. The third kappa shape index (κ3) is 3.01. The van der Waals surface area contributed by atoms with Crippen molar-refractivity contribution in [3.8, 4) is 5.75 Å². The Balaban J connectivity index is 1.69. The minimum atomic E-state index is -1.14. The van der Waals surface area contributed by atoms with Gasteiger partial charge in [0.2, 0.25) is 0 Å². The lowest BCUT2D eigenvalue weighted by atomic mass is 9.97. The molecule has 3 heterocycles. The number of rotatable bonds is 5. The van der Waals surface area contributed by atoms with Crippen LogP contribution in [-0.2, 0) is 9.53 Å². The van der Waals surface area contributed by atoms with Gasteiger partial charge in [-0.25, -0.2) is 9.18 Å². The number of hydrogen-bond donors (Lipinski definition) is 2. The van der Waals surface area contributed by atoms with Gasteiger partial charge >= 0.3 is 12.4 Å². The summed E-state index contributed by atoms with van der Waals surface area (Å²) in [7, 11) is 0. The molecule has 0 spiro atoms. The number of ether oxygens (including phenoxy) is 2. The van der Waals surface area contributed by atoms with E-state index in [4.69, 9.17) is 10.5 Å². The molecule has 0 radical (unpaired) electrons. The van der Waals surface area contributed by atoms with E-state index < -0.39 is 35.6 Å². The Hall–Kier alpha value is -2.98. The van der Waals surface area contributed by atoms with E-state index in [-0.39, 0.29) is 41.4 Å². The molecule has 164 valence electrons. The number of nitrogens with zero attached hydrogens (tertiary/aromatic N) is 2. The summed E-state index contributed by atoms with van der Waals surface area (Å²) in [6.07, 6.45) is 2.77. The third-order valence-electron chi connectivity index (χ3n) is 6.72. The molecule has 2 aromatic rings. The van der Waals surface area contributed by atoms with E-state index in [1.807, 2.05) is 4.90 Å². The maximum Gasteiger partial charge on any atom is 0.351 e. The Morgan fingerprint density at radius 3 is 2.87 bits per heavy atom. The van der Waals surface area contributed by atoms with Gasteiger partial charge in [0.05, 0.1) is 18.2 Å². The molecular formula is C21H22FN3O6. The number of hydrogen-bond acceptors (Lipinski definition) is 8. The fraction of sp³-hybridized carbons (Fsp3) is 0.476. The molecule has 1 aliphatic carbocycles. The summed E-state index contributed by atoms with van der Waals surface area (Å²) < 4.78 is 26.7. The first kappa shape index (κ1) is 20.0. The summed E-state index contributed by atoms with van der Waals surface area (Å²) in [6, 6.07) is 1.65. The Morgan fingerprint density at radius 1 is 1.42 bits per heavy atom. The first-order chi connectivity index (χ1) is 14.9. The highest BCUT2D eigenvalue weighted by atomic mass is 19.1. The van der Waals surface area contributed by atoms with Crippen molar-refractivity contribution in [2.75, 3.05) is 31.2 Å². The predicted octanol–water partition coefficient (Wildman–Crippen LogP) is 0.697. The summed E-state index contributed by atoms with van der Waals surface area (Å²) in [5.41, 5.74) is 5.57. The van der Waals surface area contributed by atoms with E-state index in [1.54, 1.807) is 0 Å². The molecule has 2 aliphatic heterocycles. The normalized spacial score (nSPS) is 23.5. The molecule has 0 bridgehead atoms. The van der Waals surface area contributed by atoms with Gasteiger partial charge in [0.15, 0.2) is 11.6 Å². The van der Waals surface area contributed by atoms with Crippen LogP contribution in [0.25, 0.3) is 10.9 Å². The summed E-state index contributed by atoms with van der Waals surface area (Å²) >= 11 is 0. The minimum Gasteiger partial charge on any atom is -0.487 e. The summed E-state index contributed by atoms with van der Waals surface area (Å²) in [5.74, 6) is -1.23. The summed E-state index contributed by atoms with van der Waals surface area (Å²) in [4.78, 5) is 37.6. The fourth-order valence-corrected chi connectivity index (χ4v) is 4.84. The van der Waals surface area contributed by atoms with Crippen LogP contribution in [0.3, 0.4) is 0 Å². The standard InChI is InChI=1S/C21H22FN3O6/c22-15-6-11-5-14(20(29)31-10-27)19(28)25-13(8-26)9-30-18(16(11)25)17(15)24-4-1-12(7-24)21(23)2-3-21/h5-6,10,12-13,26H,1-4,7-9,23H2/t12-,13+/m1/s1. The number of pyridine rings is 1. The largest absolute Gasteiger partial charge is 0.487 e. The second kappa shape index (κ2) is 7.03. The monoisotopic (exact) mass is 431 g/mol. The van der Waals surface area contributed by atoms with Crippen LogP contribution in [0.1, 0.15) is 35.7 Å². The number of carbonyl (C=O) groups excluding carboxylic acids is 2. The van der Waals surface area contributed by atoms with Gasteiger partial charge in [-0.15, -0.1) is 0 Å². The summed E-state index contributed by atoms with van der Waals surface area (Å²) in [5, 5.41) is 10.0. The highest BCUT2D eigenvalue weighted by Gasteiger charge is 2.48. The van der Waals surface area contributed by atoms with Gasteiger partial charge in [0.1, 0.15) is 17.9 Å². The van der Waals surface area contributed by atoms with Crippen LogP contribution in [-0.4, -0.2) is 54.0 Å². The molecule has 0 amide bonds. The number of aliphatic hydroxyl groups excluding tert-OH is 1. The van der Waals surface area contributed by atoms with Crippen molar-refractivity contribution >= 4 is 29.0 Å². The molecule has 3 aliphatic rings. The third-order valence-corrected chi connectivity index (χ3v) is 6.72. The van der Waals surface area contributed by atoms with E-state index in [9.17, 15) is 19.5 Å². The Kier molecular flexibility index (Phi) is 4.52. The second-order valence-corrected chi connectivity index (χ2v) is 8.52. The first-order valence-electron chi connectivity index (χ1n) is 10.2. The first-order valence-corrected chi connectivity index (χ1v) is 10.2. The van der Waals surface area contributed by atoms with Gasteiger partial charge in [-0.05, 0) is 37.3 Å². The SMILES string of the molecule is NC1([C@@H]2CCN(c3c(F)cc4cc(C(=O)OC=O)c(=O)n5c4c3OC[C@@H]5CO)C2)CC1. The van der Waals surface area contributed by atoms with Crippen molar-refractivity contribution in [1.82, 2.24) is 4.57 Å². The Labute approximate surface area is 176 Å². The average molecular weight is 431 g/mol. The molecule has 5 rings (SSSR count). The maximum absolute atomic E-state index is 15.3. The van der Waals surface area contributed by atoms with Crippen LogP contribution in [0.4, 0.5) is 10.1 Å². The van der Waals surface area contributed by atoms with Crippen molar-refractivity contribution in [1.29, 1.82) is 0 Å². The highest BCUT2D eigenvalue weighted by molar-refractivity contribution is 5.99. The number of esters is 1. The zero-order valence-corrected chi connectivity index (χ0v) is 16.7. The van der Waals surface area contributed by atoms with Crippen LogP contribution in [0.15, 0.2) is 16.9 Å². The van der Waals surface area contributed by atoms with Crippen molar-refractivity contribution in [2.45, 2.75) is 30.8 Å². The molecule has 1 aromatic carbocycles. The van der Waals surface area contributed by atoms with Crippen molar-refractivity contribution in [3.05, 3.63) is 33.9 Å². The van der Waals surface area contributed by atoms with Gasteiger partial charge < -0.3 is 25.2 Å². The van der Waals surface area contributed by atoms with Crippen LogP contribution in [0, 0.1) is 11.7 Å². The molecule has 1 saturated carbocycles. The minimum absolute atomic E-state index is 0.0702. The number of aromatic nitrogens is 1. The van der Waals surface area contributed by atoms with Gasteiger partial charge in [0, 0.05) is 24.0 Å². The quantitative estimate of drug-likeness (QED) is 0.403. The zero-order valence-electron chi connectivity index (χ0n) is 16.7. The van der Waals surface area contributed by atoms with Crippen LogP contribution >= 0.6 is 0 Å². The number of anilines is 1. The molecule has 10 heteroatoms. The number of carbonyl (C=O) groups is 2. The molecule has 1 aromatic heterocycles. The van der Waals surface area contributed by atoms with E-state index in [0.717, 1.165) is 19.3 Å². The molecule has 1 saturated heterocycles. The maximum atomic E-state index is 15.3. The van der Waals surface area contributed by atoms with Gasteiger partial charge in [-0.1, -0.05) is 0 Å². The van der Waals surface area contributed by atoms with Crippen molar-refractivity contribution in [2.24, 2.45) is 11.7 Å². The van der Waals surface area contributed by atoms with Gasteiger partial charge in [-0.3, -0.25) is 14.2 Å².